The quantitative estimate of drug-likeness (QED) is 0.181. The second-order valence-electron chi connectivity index (χ2n) is 7.89. The van der Waals surface area contributed by atoms with Crippen molar-refractivity contribution in [1.82, 2.24) is 35.6 Å². The predicted octanol–water partition coefficient (Wildman–Crippen LogP) is 2.31. The number of aryl methyl sites for hydroxylation is 1. The summed E-state index contributed by atoms with van der Waals surface area (Å²) in [5.41, 5.74) is 10.1. The lowest BCUT2D eigenvalue weighted by atomic mass is 10.1. The molecule has 15 nitrogen and oxygen atoms in total. The molecule has 15 heteroatoms. The van der Waals surface area contributed by atoms with Gasteiger partial charge < -0.3 is 10.2 Å². The number of hydrazone groups is 1. The van der Waals surface area contributed by atoms with Crippen molar-refractivity contribution in [3.63, 3.8) is 0 Å². The normalized spacial score (nSPS) is 11.5. The second kappa shape index (κ2) is 10.8. The standard InChI is InChI=1S/C22H24N10O5/c1-4-30(5-2)12-17-19(25-29-31(17)21-20(23)27-37-28-21)22(33)26-24-11-15-7-9-18(36-15)16-8-6-14(32(34)35)10-13(16)3/h6-11H,4-5,12H2,1-3H3,(H2,23,27)(H,26,33)/b24-11+. The van der Waals surface area contributed by atoms with E-state index in [1.807, 2.05) is 13.8 Å². The molecule has 0 spiro atoms. The van der Waals surface area contributed by atoms with Crippen molar-refractivity contribution in [2.24, 2.45) is 5.10 Å². The predicted molar refractivity (Wildman–Crippen MR) is 131 cm³/mol. The van der Waals surface area contributed by atoms with Gasteiger partial charge in [-0.3, -0.25) is 19.8 Å². The first kappa shape index (κ1) is 25.2. The van der Waals surface area contributed by atoms with Crippen LogP contribution in [0.5, 0.6) is 0 Å². The number of nitrogens with zero attached hydrogens (tertiary/aromatic N) is 8. The Kier molecular flexibility index (Phi) is 7.34. The zero-order chi connectivity index (χ0) is 26.5. The average molecular weight is 508 g/mol. The van der Waals surface area contributed by atoms with Crippen molar-refractivity contribution >= 4 is 23.6 Å². The maximum Gasteiger partial charge on any atom is 0.293 e. The van der Waals surface area contributed by atoms with Crippen molar-refractivity contribution in [2.75, 3.05) is 18.8 Å². The molecule has 3 aromatic heterocycles. The molecule has 37 heavy (non-hydrogen) atoms. The Morgan fingerprint density at radius 3 is 2.70 bits per heavy atom. The number of hydrogen-bond acceptors (Lipinski definition) is 12. The van der Waals surface area contributed by atoms with Crippen LogP contribution in [0.2, 0.25) is 0 Å². The van der Waals surface area contributed by atoms with Crippen molar-refractivity contribution < 1.29 is 18.8 Å². The summed E-state index contributed by atoms with van der Waals surface area (Å²) in [5, 5.41) is 30.2. The number of nitro benzene ring substituents is 1. The van der Waals surface area contributed by atoms with Crippen LogP contribution in [0.3, 0.4) is 0 Å². The van der Waals surface area contributed by atoms with Gasteiger partial charge in [0.1, 0.15) is 11.5 Å². The molecular weight excluding hydrogens is 484 g/mol. The molecule has 0 radical (unpaired) electrons. The number of anilines is 1. The molecule has 1 amide bonds. The van der Waals surface area contributed by atoms with E-state index in [0.29, 0.717) is 34.9 Å². The van der Waals surface area contributed by atoms with Crippen LogP contribution in [0, 0.1) is 17.0 Å². The lowest BCUT2D eigenvalue weighted by Crippen LogP contribution is -2.27. The average Bonchev–Trinajstić information content (AvgIpc) is 3.62. The first-order valence-corrected chi connectivity index (χ1v) is 11.3. The molecule has 0 fully saturated rings. The largest absolute Gasteiger partial charge is 0.455 e. The number of amides is 1. The lowest BCUT2D eigenvalue weighted by molar-refractivity contribution is -0.384. The third-order valence-corrected chi connectivity index (χ3v) is 5.61. The first-order valence-electron chi connectivity index (χ1n) is 11.3. The summed E-state index contributed by atoms with van der Waals surface area (Å²) in [6.07, 6.45) is 1.33. The van der Waals surface area contributed by atoms with E-state index in [2.05, 4.69) is 40.7 Å². The van der Waals surface area contributed by atoms with Gasteiger partial charge in [0.2, 0.25) is 11.6 Å². The fourth-order valence-electron chi connectivity index (χ4n) is 3.60. The van der Waals surface area contributed by atoms with E-state index in [1.54, 1.807) is 25.1 Å². The molecule has 0 aliphatic carbocycles. The number of hydrogen-bond donors (Lipinski definition) is 2. The smallest absolute Gasteiger partial charge is 0.293 e. The molecule has 4 rings (SSSR count). The molecule has 0 aliphatic heterocycles. The van der Waals surface area contributed by atoms with Gasteiger partial charge in [0.25, 0.3) is 11.6 Å². The van der Waals surface area contributed by atoms with Gasteiger partial charge in [-0.2, -0.15) is 9.78 Å². The maximum atomic E-state index is 12.9. The van der Waals surface area contributed by atoms with E-state index in [9.17, 15) is 14.9 Å². The van der Waals surface area contributed by atoms with Gasteiger partial charge >= 0.3 is 0 Å². The van der Waals surface area contributed by atoms with Crippen molar-refractivity contribution in [1.29, 1.82) is 0 Å². The highest BCUT2D eigenvalue weighted by molar-refractivity contribution is 5.94. The highest BCUT2D eigenvalue weighted by Crippen LogP contribution is 2.28. The van der Waals surface area contributed by atoms with E-state index in [4.69, 9.17) is 10.2 Å². The molecule has 4 aromatic rings. The van der Waals surface area contributed by atoms with Gasteiger partial charge in [0.15, 0.2) is 5.69 Å². The van der Waals surface area contributed by atoms with Gasteiger partial charge in [-0.1, -0.05) is 19.1 Å². The monoisotopic (exact) mass is 508 g/mol. The van der Waals surface area contributed by atoms with Crippen LogP contribution < -0.4 is 11.2 Å². The zero-order valence-electron chi connectivity index (χ0n) is 20.3. The fourth-order valence-corrected chi connectivity index (χ4v) is 3.60. The van der Waals surface area contributed by atoms with Crippen LogP contribution >= 0.6 is 0 Å². The number of non-ortho nitro benzene ring substituents is 1. The number of aromatic nitrogens is 5. The minimum Gasteiger partial charge on any atom is -0.455 e. The van der Waals surface area contributed by atoms with Gasteiger partial charge in [-0.15, -0.1) is 5.10 Å². The summed E-state index contributed by atoms with van der Waals surface area (Å²) in [7, 11) is 0. The number of rotatable bonds is 10. The Bertz CT molecular complexity index is 1450. The molecule has 1 aromatic carbocycles. The molecule has 0 unspecified atom stereocenters. The number of nitrogen functional groups attached to an aromatic ring is 1. The van der Waals surface area contributed by atoms with E-state index in [0.717, 1.165) is 13.1 Å². The van der Waals surface area contributed by atoms with Gasteiger partial charge in [0.05, 0.1) is 16.8 Å². The minimum atomic E-state index is -0.599. The Hall–Kier alpha value is -4.92. The highest BCUT2D eigenvalue weighted by Gasteiger charge is 2.25. The summed E-state index contributed by atoms with van der Waals surface area (Å²) < 4.78 is 11.7. The number of furan rings is 1. The van der Waals surface area contributed by atoms with Crippen LogP contribution in [0.15, 0.2) is 44.5 Å². The Morgan fingerprint density at radius 1 is 1.27 bits per heavy atom. The first-order chi connectivity index (χ1) is 17.8. The second-order valence-corrected chi connectivity index (χ2v) is 7.89. The van der Waals surface area contributed by atoms with E-state index >= 15 is 0 Å². The summed E-state index contributed by atoms with van der Waals surface area (Å²) in [6, 6.07) is 7.87. The number of carbonyl (C=O) groups is 1. The summed E-state index contributed by atoms with van der Waals surface area (Å²) in [4.78, 5) is 25.5. The van der Waals surface area contributed by atoms with Crippen LogP contribution in [-0.4, -0.2) is 60.3 Å². The summed E-state index contributed by atoms with van der Waals surface area (Å²) in [6.45, 7) is 7.53. The molecule has 0 bridgehead atoms. The number of benzene rings is 1. The zero-order valence-corrected chi connectivity index (χ0v) is 20.3. The molecule has 0 atom stereocenters. The molecule has 0 aliphatic rings. The van der Waals surface area contributed by atoms with Crippen molar-refractivity contribution in [3.8, 4) is 17.1 Å². The van der Waals surface area contributed by atoms with Crippen LogP contribution in [0.1, 0.15) is 41.4 Å². The SMILES string of the molecule is CCN(CC)Cc1c(C(=O)N/N=C/c2ccc(-c3ccc([N+](=O)[O-])cc3C)o2)nnn1-c1nonc1N. The Balaban J connectivity index is 1.51. The van der Waals surface area contributed by atoms with Gasteiger partial charge in [-0.25, -0.2) is 10.1 Å². The van der Waals surface area contributed by atoms with E-state index in [1.165, 1.54) is 23.0 Å². The van der Waals surface area contributed by atoms with Gasteiger partial charge in [0, 0.05) is 24.2 Å². The molecule has 0 saturated heterocycles. The highest BCUT2D eigenvalue weighted by atomic mass is 16.6. The molecule has 3 heterocycles. The molecule has 192 valence electrons. The molecular formula is C22H24N10O5. The van der Waals surface area contributed by atoms with E-state index < -0.39 is 10.8 Å². The number of nitrogens with two attached hydrogens (primary N) is 1. The summed E-state index contributed by atoms with van der Waals surface area (Å²) in [5.74, 6) is 0.400. The van der Waals surface area contributed by atoms with Gasteiger partial charge in [-0.05, 0) is 54.1 Å². The van der Waals surface area contributed by atoms with Crippen LogP contribution in [-0.2, 0) is 6.54 Å². The molecule has 0 saturated carbocycles. The number of nitrogens with one attached hydrogen (secondary N) is 1. The molecule has 3 N–H and O–H groups in total. The Morgan fingerprint density at radius 2 is 2.05 bits per heavy atom. The van der Waals surface area contributed by atoms with Crippen molar-refractivity contribution in [2.45, 2.75) is 27.3 Å². The van der Waals surface area contributed by atoms with Crippen molar-refractivity contribution in [3.05, 3.63) is 63.2 Å². The Labute approximate surface area is 210 Å². The number of nitro groups is 1. The topological polar surface area (TPSA) is 197 Å². The van der Waals surface area contributed by atoms with Crippen LogP contribution in [0.25, 0.3) is 17.1 Å². The fraction of sp³-hybridized carbons (Fsp3) is 0.273. The minimum absolute atomic E-state index is 0.00268. The third-order valence-electron chi connectivity index (χ3n) is 5.61. The third kappa shape index (κ3) is 5.35. The van der Waals surface area contributed by atoms with E-state index in [-0.39, 0.29) is 23.0 Å². The lowest BCUT2D eigenvalue weighted by Gasteiger charge is -2.18. The number of carbonyl (C=O) groups excluding carboxylic acids is 1. The maximum absolute atomic E-state index is 12.9. The van der Waals surface area contributed by atoms with Crippen LogP contribution in [0.4, 0.5) is 11.5 Å². The summed E-state index contributed by atoms with van der Waals surface area (Å²) >= 11 is 0.